The van der Waals surface area contributed by atoms with E-state index in [0.29, 0.717) is 5.69 Å². The largest absolute Gasteiger partial charge is 0.435 e. The normalized spacial score (nSPS) is 12.3. The third kappa shape index (κ3) is 13.3. The lowest BCUT2D eigenvalue weighted by Crippen LogP contribution is -2.25. The highest BCUT2D eigenvalue weighted by atomic mass is 19.4. The van der Waals surface area contributed by atoms with Crippen molar-refractivity contribution < 1.29 is 13.2 Å². The van der Waals surface area contributed by atoms with Crippen molar-refractivity contribution in [3.8, 4) is 0 Å². The molecule has 0 amide bonds. The monoisotopic (exact) mass is 669 g/mol. The van der Waals surface area contributed by atoms with Gasteiger partial charge in [-0.1, -0.05) is 89.6 Å². The minimum absolute atomic E-state index is 0.109. The Labute approximate surface area is 290 Å². The maximum absolute atomic E-state index is 12.3. The zero-order chi connectivity index (χ0) is 37.6. The van der Waals surface area contributed by atoms with Gasteiger partial charge in [-0.05, 0) is 128 Å². The molecular formula is C41H63F3N4. The van der Waals surface area contributed by atoms with Gasteiger partial charge >= 0.3 is 6.18 Å². The number of nitrogens with zero attached hydrogens (tertiary/aromatic N) is 4. The van der Waals surface area contributed by atoms with Gasteiger partial charge in [-0.2, -0.15) is 23.4 Å². The van der Waals surface area contributed by atoms with Crippen molar-refractivity contribution in [3.63, 3.8) is 0 Å². The molecule has 2 heterocycles. The van der Waals surface area contributed by atoms with Crippen LogP contribution in [0.25, 0.3) is 0 Å². The Hall–Kier alpha value is -3.35. The van der Waals surface area contributed by atoms with Crippen LogP contribution in [-0.2, 0) is 28.1 Å². The Kier molecular flexibility index (Phi) is 14.1. The summed E-state index contributed by atoms with van der Waals surface area (Å²) in [6.07, 6.45) is -4.36. The third-order valence-corrected chi connectivity index (χ3v) is 7.61. The Morgan fingerprint density at radius 1 is 0.500 bits per heavy atom. The second-order valence-electron chi connectivity index (χ2n) is 16.9. The molecule has 0 fully saturated rings. The lowest BCUT2D eigenvalue weighted by atomic mass is 9.83. The van der Waals surface area contributed by atoms with Crippen LogP contribution < -0.4 is 0 Å². The lowest BCUT2D eigenvalue weighted by molar-refractivity contribution is -0.141. The number of hydrogen-bond donors (Lipinski definition) is 0. The van der Waals surface area contributed by atoms with Crippen LogP contribution in [0.3, 0.4) is 0 Å². The van der Waals surface area contributed by atoms with Gasteiger partial charge in [0.25, 0.3) is 0 Å². The van der Waals surface area contributed by atoms with Gasteiger partial charge in [-0.3, -0.25) is 9.36 Å². The molecule has 0 radical (unpaired) electrons. The van der Waals surface area contributed by atoms with E-state index in [4.69, 9.17) is 0 Å². The van der Waals surface area contributed by atoms with Crippen molar-refractivity contribution in [1.82, 2.24) is 19.6 Å². The number of aromatic nitrogens is 4. The van der Waals surface area contributed by atoms with E-state index in [0.717, 1.165) is 11.8 Å². The van der Waals surface area contributed by atoms with Crippen molar-refractivity contribution in [3.05, 3.63) is 105 Å². The van der Waals surface area contributed by atoms with Crippen LogP contribution in [0, 0.1) is 41.5 Å². The highest BCUT2D eigenvalue weighted by molar-refractivity contribution is 5.35. The van der Waals surface area contributed by atoms with E-state index >= 15 is 0 Å². The van der Waals surface area contributed by atoms with Gasteiger partial charge in [-0.15, -0.1) is 0 Å². The average Bonchev–Trinajstić information content (AvgIpc) is 3.47. The van der Waals surface area contributed by atoms with Crippen LogP contribution in [0.15, 0.2) is 54.6 Å². The molecule has 268 valence electrons. The SMILES string of the molecule is Cc1cc(C(F)(F)F)nn1C(C)(C)C.Cc1cc(C)n(C(C)(C)C)n1.Cc1ccc(C)c(C(C)(C)C)c1.Cc1ccccc1C(C)(C)C. The second-order valence-corrected chi connectivity index (χ2v) is 16.9. The molecule has 4 rings (SSSR count). The zero-order valence-electron chi connectivity index (χ0n) is 33.1. The lowest BCUT2D eigenvalue weighted by Gasteiger charge is -2.22. The number of alkyl halides is 3. The molecule has 0 spiro atoms. The van der Waals surface area contributed by atoms with Crippen LogP contribution in [0.5, 0.6) is 0 Å². The molecule has 0 saturated heterocycles. The summed E-state index contributed by atoms with van der Waals surface area (Å²) < 4.78 is 40.3. The molecule has 0 saturated carbocycles. The van der Waals surface area contributed by atoms with Gasteiger partial charge in [0.1, 0.15) is 0 Å². The number of rotatable bonds is 0. The van der Waals surface area contributed by atoms with Crippen molar-refractivity contribution in [2.24, 2.45) is 0 Å². The summed E-state index contributed by atoms with van der Waals surface area (Å²) in [5.41, 5.74) is 9.30. The fourth-order valence-corrected chi connectivity index (χ4v) is 5.56. The topological polar surface area (TPSA) is 35.6 Å². The van der Waals surface area contributed by atoms with Gasteiger partial charge < -0.3 is 0 Å². The Morgan fingerprint density at radius 3 is 1.23 bits per heavy atom. The van der Waals surface area contributed by atoms with Gasteiger partial charge in [0, 0.05) is 11.4 Å². The molecule has 0 bridgehead atoms. The number of aryl methyl sites for hydroxylation is 6. The van der Waals surface area contributed by atoms with E-state index in [9.17, 15) is 13.2 Å². The quantitative estimate of drug-likeness (QED) is 0.187. The number of halogens is 3. The van der Waals surface area contributed by atoms with Crippen LogP contribution >= 0.6 is 0 Å². The molecule has 4 aromatic rings. The molecule has 2 aromatic carbocycles. The molecule has 2 aromatic heterocycles. The number of hydrogen-bond acceptors (Lipinski definition) is 2. The van der Waals surface area contributed by atoms with E-state index in [2.05, 4.69) is 153 Å². The summed E-state index contributed by atoms with van der Waals surface area (Å²) in [4.78, 5) is 0. The molecule has 48 heavy (non-hydrogen) atoms. The van der Waals surface area contributed by atoms with Crippen LogP contribution in [0.2, 0.25) is 0 Å². The van der Waals surface area contributed by atoms with Gasteiger partial charge in [-0.25, -0.2) is 0 Å². The van der Waals surface area contributed by atoms with Gasteiger partial charge in [0.2, 0.25) is 0 Å². The van der Waals surface area contributed by atoms with E-state index in [1.807, 2.05) is 27.7 Å². The Morgan fingerprint density at radius 2 is 0.938 bits per heavy atom. The highest BCUT2D eigenvalue weighted by Gasteiger charge is 2.35. The summed E-state index contributed by atoms with van der Waals surface area (Å²) in [5.74, 6) is 0. The Bertz CT molecular complexity index is 1590. The molecule has 0 N–H and O–H groups in total. The molecule has 0 aliphatic rings. The summed E-state index contributed by atoms with van der Waals surface area (Å²) in [6, 6.07) is 18.4. The summed E-state index contributed by atoms with van der Waals surface area (Å²) in [6.45, 7) is 37.7. The number of benzene rings is 2. The zero-order valence-corrected chi connectivity index (χ0v) is 33.1. The summed E-state index contributed by atoms with van der Waals surface area (Å²) in [5, 5.41) is 7.94. The molecule has 0 aliphatic heterocycles. The fraction of sp³-hybridized carbons (Fsp3) is 0.561. The molecule has 0 unspecified atom stereocenters. The van der Waals surface area contributed by atoms with Gasteiger partial charge in [0.15, 0.2) is 5.69 Å². The van der Waals surface area contributed by atoms with E-state index in [-0.39, 0.29) is 16.4 Å². The summed E-state index contributed by atoms with van der Waals surface area (Å²) in [7, 11) is 0. The summed E-state index contributed by atoms with van der Waals surface area (Å²) >= 11 is 0. The molecule has 7 heteroatoms. The standard InChI is InChI=1S/C12H18.C11H16.C9H13F3N2.C9H16N2/c1-9-6-7-10(2)11(8-9)12(3,4)5;1-9-7-5-6-8-10(9)11(2,3)4;1-6-5-7(9(10,11)12)13-14(6)8(2,3)4;1-7-6-8(2)11(10-7)9(3,4)5/h6-8H,1-5H3;5-8H,1-4H3;5H,1-4H3;6H,1-5H3. The fourth-order valence-electron chi connectivity index (χ4n) is 5.56. The molecule has 4 nitrogen and oxygen atoms in total. The van der Waals surface area contributed by atoms with Crippen molar-refractivity contribution in [2.75, 3.05) is 0 Å². The molecule has 0 atom stereocenters. The van der Waals surface area contributed by atoms with Crippen LogP contribution in [0.1, 0.15) is 134 Å². The van der Waals surface area contributed by atoms with Crippen LogP contribution in [-0.4, -0.2) is 19.6 Å². The average molecular weight is 669 g/mol. The minimum Gasteiger partial charge on any atom is -0.264 e. The van der Waals surface area contributed by atoms with Crippen molar-refractivity contribution in [1.29, 1.82) is 0 Å². The van der Waals surface area contributed by atoms with Crippen LogP contribution in [0.4, 0.5) is 13.2 Å². The first-order valence-corrected chi connectivity index (χ1v) is 16.8. The molecular weight excluding hydrogens is 605 g/mol. The van der Waals surface area contributed by atoms with Crippen molar-refractivity contribution in [2.45, 2.75) is 153 Å². The Balaban J connectivity index is 0.000000322. The van der Waals surface area contributed by atoms with E-state index in [1.165, 1.54) is 38.2 Å². The van der Waals surface area contributed by atoms with Gasteiger partial charge in [0.05, 0.1) is 16.8 Å². The maximum Gasteiger partial charge on any atom is 0.435 e. The second kappa shape index (κ2) is 15.9. The van der Waals surface area contributed by atoms with Crippen molar-refractivity contribution >= 4 is 0 Å². The first-order chi connectivity index (χ1) is 21.5. The molecule has 0 aliphatic carbocycles. The predicted molar refractivity (Wildman–Crippen MR) is 198 cm³/mol. The van der Waals surface area contributed by atoms with E-state index in [1.54, 1.807) is 6.92 Å². The first-order valence-electron chi connectivity index (χ1n) is 16.8. The third-order valence-electron chi connectivity index (χ3n) is 7.61. The van der Waals surface area contributed by atoms with E-state index < -0.39 is 17.4 Å². The first kappa shape index (κ1) is 42.7. The predicted octanol–water partition coefficient (Wildman–Crippen LogP) is 12.1. The smallest absolute Gasteiger partial charge is 0.264 e. The maximum atomic E-state index is 12.3. The minimum atomic E-state index is -4.36. The highest BCUT2D eigenvalue weighted by Crippen LogP contribution is 2.30.